The maximum atomic E-state index is 4.73. The third-order valence-corrected chi connectivity index (χ3v) is 4.16. The molecule has 0 aliphatic carbocycles. The number of hydrogen-bond donors (Lipinski definition) is 1. The Kier molecular flexibility index (Phi) is 2.60. The van der Waals surface area contributed by atoms with Crippen molar-refractivity contribution in [3.8, 4) is 21.8 Å². The van der Waals surface area contributed by atoms with Crippen molar-refractivity contribution >= 4 is 22.2 Å². The molecule has 0 unspecified atom stereocenters. The second-order valence-electron chi connectivity index (χ2n) is 4.53. The summed E-state index contributed by atoms with van der Waals surface area (Å²) in [7, 11) is 0. The molecule has 4 rings (SSSR count). The average molecular weight is 277 g/mol. The highest BCUT2D eigenvalue weighted by Crippen LogP contribution is 2.33. The molecule has 3 aromatic heterocycles. The molecule has 0 aliphatic heterocycles. The van der Waals surface area contributed by atoms with Crippen LogP contribution in [0, 0.1) is 0 Å². The smallest absolute Gasteiger partial charge is 0.126 e. The Hall–Kier alpha value is -2.46. The lowest BCUT2D eigenvalue weighted by Crippen LogP contribution is -1.79. The molecular weight excluding hydrogens is 266 g/mol. The summed E-state index contributed by atoms with van der Waals surface area (Å²) in [5.74, 6) is 0. The Labute approximate surface area is 120 Å². The number of para-hydroxylation sites is 1. The fourth-order valence-electron chi connectivity index (χ4n) is 2.29. The molecule has 0 aliphatic rings. The van der Waals surface area contributed by atoms with Crippen LogP contribution in [-0.4, -0.2) is 15.0 Å². The average Bonchev–Trinajstić information content (AvgIpc) is 3.14. The predicted octanol–water partition coefficient (Wildman–Crippen LogP) is 4.35. The van der Waals surface area contributed by atoms with Gasteiger partial charge in [0.1, 0.15) is 5.01 Å². The second kappa shape index (κ2) is 4.58. The van der Waals surface area contributed by atoms with Crippen LogP contribution in [0.3, 0.4) is 0 Å². The van der Waals surface area contributed by atoms with Gasteiger partial charge in [0, 0.05) is 46.0 Å². The minimum atomic E-state index is 0.975. The SMILES string of the molecule is c1cncc(-c2csc(-c3c[nH]c4ccccc34)n2)c1. The van der Waals surface area contributed by atoms with E-state index in [-0.39, 0.29) is 0 Å². The van der Waals surface area contributed by atoms with Crippen LogP contribution in [0.5, 0.6) is 0 Å². The van der Waals surface area contributed by atoms with Crippen LogP contribution in [0.15, 0.2) is 60.4 Å². The first-order chi connectivity index (χ1) is 9.92. The zero-order chi connectivity index (χ0) is 13.4. The van der Waals surface area contributed by atoms with Crippen LogP contribution in [0.25, 0.3) is 32.7 Å². The zero-order valence-electron chi connectivity index (χ0n) is 10.6. The summed E-state index contributed by atoms with van der Waals surface area (Å²) >= 11 is 1.66. The number of fused-ring (bicyclic) bond motifs is 1. The number of nitrogens with zero attached hydrogens (tertiary/aromatic N) is 2. The van der Waals surface area contributed by atoms with E-state index in [4.69, 9.17) is 4.98 Å². The van der Waals surface area contributed by atoms with Crippen molar-refractivity contribution in [2.24, 2.45) is 0 Å². The van der Waals surface area contributed by atoms with Crippen LogP contribution >= 0.6 is 11.3 Å². The van der Waals surface area contributed by atoms with E-state index in [0.29, 0.717) is 0 Å². The van der Waals surface area contributed by atoms with Crippen LogP contribution in [0.2, 0.25) is 0 Å². The number of pyridine rings is 1. The van der Waals surface area contributed by atoms with Gasteiger partial charge in [0.25, 0.3) is 0 Å². The fourth-order valence-corrected chi connectivity index (χ4v) is 3.15. The molecule has 0 spiro atoms. The molecule has 0 amide bonds. The van der Waals surface area contributed by atoms with Crippen LogP contribution < -0.4 is 0 Å². The summed E-state index contributed by atoms with van der Waals surface area (Å²) in [4.78, 5) is 12.2. The highest BCUT2D eigenvalue weighted by Gasteiger charge is 2.10. The maximum absolute atomic E-state index is 4.73. The highest BCUT2D eigenvalue weighted by atomic mass is 32.1. The van der Waals surface area contributed by atoms with Crippen molar-refractivity contribution in [1.82, 2.24) is 15.0 Å². The van der Waals surface area contributed by atoms with E-state index in [1.54, 1.807) is 17.5 Å². The summed E-state index contributed by atoms with van der Waals surface area (Å²) in [6.45, 7) is 0. The predicted molar refractivity (Wildman–Crippen MR) is 82.6 cm³/mol. The van der Waals surface area contributed by atoms with Crippen molar-refractivity contribution in [2.45, 2.75) is 0 Å². The summed E-state index contributed by atoms with van der Waals surface area (Å²) in [5, 5.41) is 4.31. The van der Waals surface area contributed by atoms with Gasteiger partial charge >= 0.3 is 0 Å². The maximum Gasteiger partial charge on any atom is 0.126 e. The topological polar surface area (TPSA) is 41.6 Å². The number of aromatic amines is 1. The summed E-state index contributed by atoms with van der Waals surface area (Å²) in [5.41, 5.74) is 4.32. The lowest BCUT2D eigenvalue weighted by Gasteiger charge is -1.95. The van der Waals surface area contributed by atoms with E-state index in [9.17, 15) is 0 Å². The molecule has 0 radical (unpaired) electrons. The first-order valence-corrected chi connectivity index (χ1v) is 7.22. The first kappa shape index (κ1) is 11.4. The lowest BCUT2D eigenvalue weighted by molar-refractivity contribution is 1.31. The normalized spacial score (nSPS) is 11.0. The standard InChI is InChI=1S/C16H11N3S/c1-2-6-14-12(5-1)13(9-18-14)16-19-15(10-20-16)11-4-3-7-17-8-11/h1-10,18H. The molecule has 4 heteroatoms. The molecule has 4 aromatic rings. The van der Waals surface area contributed by atoms with E-state index < -0.39 is 0 Å². The number of hydrogen-bond acceptors (Lipinski definition) is 3. The molecule has 1 aromatic carbocycles. The quantitative estimate of drug-likeness (QED) is 0.591. The largest absolute Gasteiger partial charge is 0.360 e. The Bertz CT molecular complexity index is 861. The number of H-pyrrole nitrogens is 1. The van der Waals surface area contributed by atoms with Gasteiger partial charge < -0.3 is 4.98 Å². The van der Waals surface area contributed by atoms with E-state index >= 15 is 0 Å². The van der Waals surface area contributed by atoms with Gasteiger partial charge in [-0.05, 0) is 18.2 Å². The van der Waals surface area contributed by atoms with Crippen molar-refractivity contribution < 1.29 is 0 Å². The van der Waals surface area contributed by atoms with Gasteiger partial charge in [-0.15, -0.1) is 11.3 Å². The molecule has 3 nitrogen and oxygen atoms in total. The molecule has 0 saturated heterocycles. The zero-order valence-corrected chi connectivity index (χ0v) is 11.4. The fraction of sp³-hybridized carbons (Fsp3) is 0. The van der Waals surface area contributed by atoms with Crippen LogP contribution in [-0.2, 0) is 0 Å². The second-order valence-corrected chi connectivity index (χ2v) is 5.39. The van der Waals surface area contributed by atoms with Gasteiger partial charge in [-0.3, -0.25) is 4.98 Å². The van der Waals surface area contributed by atoms with Gasteiger partial charge in [0.15, 0.2) is 0 Å². The number of rotatable bonds is 2. The number of benzene rings is 1. The summed E-state index contributed by atoms with van der Waals surface area (Å²) < 4.78 is 0. The molecule has 0 bridgehead atoms. The van der Waals surface area contributed by atoms with Gasteiger partial charge in [-0.1, -0.05) is 18.2 Å². The van der Waals surface area contributed by atoms with Crippen LogP contribution in [0.1, 0.15) is 0 Å². The van der Waals surface area contributed by atoms with Gasteiger partial charge in [0.2, 0.25) is 0 Å². The monoisotopic (exact) mass is 277 g/mol. The Morgan fingerprint density at radius 3 is 2.90 bits per heavy atom. The van der Waals surface area contributed by atoms with Gasteiger partial charge in [0.05, 0.1) is 5.69 Å². The Balaban J connectivity index is 1.82. The Morgan fingerprint density at radius 1 is 1.05 bits per heavy atom. The first-order valence-electron chi connectivity index (χ1n) is 6.34. The molecule has 0 atom stereocenters. The number of nitrogens with one attached hydrogen (secondary N) is 1. The van der Waals surface area contributed by atoms with Crippen molar-refractivity contribution in [3.05, 3.63) is 60.4 Å². The third-order valence-electron chi connectivity index (χ3n) is 3.28. The summed E-state index contributed by atoms with van der Waals surface area (Å²) in [6, 6.07) is 12.2. The highest BCUT2D eigenvalue weighted by molar-refractivity contribution is 7.13. The minimum absolute atomic E-state index is 0.975. The molecule has 3 heterocycles. The van der Waals surface area contributed by atoms with Crippen molar-refractivity contribution in [2.75, 3.05) is 0 Å². The number of thiazole rings is 1. The van der Waals surface area contributed by atoms with Gasteiger partial charge in [-0.2, -0.15) is 0 Å². The van der Waals surface area contributed by atoms with E-state index in [1.807, 2.05) is 30.6 Å². The summed E-state index contributed by atoms with van der Waals surface area (Å²) in [6.07, 6.45) is 5.64. The van der Waals surface area contributed by atoms with E-state index in [0.717, 1.165) is 27.3 Å². The van der Waals surface area contributed by atoms with Crippen molar-refractivity contribution in [1.29, 1.82) is 0 Å². The van der Waals surface area contributed by atoms with E-state index in [2.05, 4.69) is 33.5 Å². The van der Waals surface area contributed by atoms with Crippen molar-refractivity contribution in [3.63, 3.8) is 0 Å². The lowest BCUT2D eigenvalue weighted by atomic mass is 10.2. The molecular formula is C16H11N3S. The van der Waals surface area contributed by atoms with Gasteiger partial charge in [-0.25, -0.2) is 4.98 Å². The molecule has 96 valence electrons. The molecule has 20 heavy (non-hydrogen) atoms. The van der Waals surface area contributed by atoms with E-state index in [1.165, 1.54) is 5.39 Å². The number of aromatic nitrogens is 3. The third kappa shape index (κ3) is 1.82. The van der Waals surface area contributed by atoms with Crippen LogP contribution in [0.4, 0.5) is 0 Å². The molecule has 0 saturated carbocycles. The Morgan fingerprint density at radius 2 is 2.00 bits per heavy atom. The molecule has 1 N–H and O–H groups in total. The minimum Gasteiger partial charge on any atom is -0.360 e. The molecule has 0 fully saturated rings.